The fraction of sp³-hybridized carbons (Fsp3) is 0.545. The summed E-state index contributed by atoms with van der Waals surface area (Å²) in [5.41, 5.74) is 0.260. The van der Waals surface area contributed by atoms with E-state index in [0.717, 1.165) is 0 Å². The summed E-state index contributed by atoms with van der Waals surface area (Å²) in [6.07, 6.45) is -2.30. The summed E-state index contributed by atoms with van der Waals surface area (Å²) in [7, 11) is 0. The van der Waals surface area contributed by atoms with Gasteiger partial charge in [-0.3, -0.25) is 9.78 Å². The van der Waals surface area contributed by atoms with Gasteiger partial charge in [0, 0.05) is 11.1 Å². The maximum atomic E-state index is 11.3. The van der Waals surface area contributed by atoms with Crippen LogP contribution >= 0.6 is 0 Å². The molecule has 1 aliphatic heterocycles. The van der Waals surface area contributed by atoms with E-state index < -0.39 is 29.9 Å². The predicted octanol–water partition coefficient (Wildman–Crippen LogP) is -1.88. The first kappa shape index (κ1) is 13.0. The molecule has 0 radical (unpaired) electrons. The van der Waals surface area contributed by atoms with Gasteiger partial charge < -0.3 is 25.7 Å². The first-order valence-electron chi connectivity index (χ1n) is 5.61. The number of rotatable bonds is 2. The number of H-pyrrole nitrogens is 1. The van der Waals surface area contributed by atoms with Crippen molar-refractivity contribution in [2.75, 3.05) is 6.61 Å². The maximum Gasteiger partial charge on any atom is 0.253 e. The molecule has 1 fully saturated rings. The molecule has 2 heterocycles. The Morgan fingerprint density at radius 1 is 1.33 bits per heavy atom. The summed E-state index contributed by atoms with van der Waals surface area (Å²) >= 11 is 0. The van der Waals surface area contributed by atoms with E-state index in [9.17, 15) is 20.1 Å². The van der Waals surface area contributed by atoms with Gasteiger partial charge >= 0.3 is 0 Å². The number of nitrogens with one attached hydrogen (secondary N) is 2. The van der Waals surface area contributed by atoms with E-state index in [0.29, 0.717) is 5.56 Å². The molecule has 1 aliphatic rings. The lowest BCUT2D eigenvalue weighted by atomic mass is 10.0. The van der Waals surface area contributed by atoms with Gasteiger partial charge in [0.2, 0.25) is 0 Å². The molecule has 6 N–H and O–H groups in total. The molecule has 18 heavy (non-hydrogen) atoms. The lowest BCUT2D eigenvalue weighted by Crippen LogP contribution is -2.35. The number of aliphatic hydroxyl groups is 3. The van der Waals surface area contributed by atoms with Crippen LogP contribution in [0.25, 0.3) is 0 Å². The van der Waals surface area contributed by atoms with Crippen molar-refractivity contribution in [3.8, 4) is 5.88 Å². The van der Waals surface area contributed by atoms with Crippen molar-refractivity contribution in [2.24, 2.45) is 0 Å². The highest BCUT2D eigenvalue weighted by molar-refractivity contribution is 5.33. The number of aryl methyl sites for hydroxylation is 1. The van der Waals surface area contributed by atoms with Gasteiger partial charge in [0.05, 0.1) is 24.8 Å². The summed E-state index contributed by atoms with van der Waals surface area (Å²) < 4.78 is 0. The van der Waals surface area contributed by atoms with Crippen molar-refractivity contribution >= 4 is 0 Å². The number of aliphatic hydroxyl groups excluding tert-OH is 3. The fourth-order valence-electron chi connectivity index (χ4n) is 2.18. The van der Waals surface area contributed by atoms with Crippen molar-refractivity contribution in [3.05, 3.63) is 27.5 Å². The van der Waals surface area contributed by atoms with Crippen LogP contribution in [0, 0.1) is 6.92 Å². The highest BCUT2D eigenvalue weighted by atomic mass is 16.3. The van der Waals surface area contributed by atoms with Gasteiger partial charge in [-0.05, 0) is 13.0 Å². The molecule has 1 saturated heterocycles. The monoisotopic (exact) mass is 256 g/mol. The minimum absolute atomic E-state index is 0.287. The van der Waals surface area contributed by atoms with E-state index in [-0.39, 0.29) is 18.1 Å². The zero-order chi connectivity index (χ0) is 13.4. The first-order chi connectivity index (χ1) is 8.45. The molecule has 0 aliphatic carbocycles. The van der Waals surface area contributed by atoms with Gasteiger partial charge in [-0.1, -0.05) is 0 Å². The molecule has 0 saturated carbocycles. The number of hydrogen-bond acceptors (Lipinski definition) is 6. The topological polar surface area (TPSA) is 126 Å². The van der Waals surface area contributed by atoms with Crippen LogP contribution in [0.2, 0.25) is 0 Å². The van der Waals surface area contributed by atoms with Crippen LogP contribution in [0.4, 0.5) is 0 Å². The maximum absolute atomic E-state index is 11.3. The molecule has 0 amide bonds. The number of pyridine rings is 1. The molecule has 7 heteroatoms. The Labute approximate surface area is 103 Å². The normalized spacial score (nSPS) is 31.8. The molecule has 0 aromatic carbocycles. The van der Waals surface area contributed by atoms with Gasteiger partial charge in [0.15, 0.2) is 5.88 Å². The molecule has 1 aromatic rings. The van der Waals surface area contributed by atoms with Crippen LogP contribution in [-0.4, -0.2) is 50.3 Å². The first-order valence-corrected chi connectivity index (χ1v) is 5.61. The van der Waals surface area contributed by atoms with Gasteiger partial charge in [-0.2, -0.15) is 0 Å². The second-order valence-electron chi connectivity index (χ2n) is 4.50. The molecular formula is C11H16N2O5. The highest BCUT2D eigenvalue weighted by Crippen LogP contribution is 2.31. The molecule has 7 nitrogen and oxygen atoms in total. The Kier molecular flexibility index (Phi) is 3.40. The molecule has 0 spiro atoms. The van der Waals surface area contributed by atoms with Crippen molar-refractivity contribution < 1.29 is 20.4 Å². The van der Waals surface area contributed by atoms with E-state index in [2.05, 4.69) is 10.3 Å². The second kappa shape index (κ2) is 4.69. The van der Waals surface area contributed by atoms with Crippen LogP contribution in [0.3, 0.4) is 0 Å². The molecule has 0 bridgehead atoms. The lowest BCUT2D eigenvalue weighted by Gasteiger charge is -2.17. The minimum Gasteiger partial charge on any atom is -0.494 e. The minimum atomic E-state index is -1.17. The van der Waals surface area contributed by atoms with E-state index in [4.69, 9.17) is 5.11 Å². The quantitative estimate of drug-likeness (QED) is 0.367. The molecule has 4 atom stereocenters. The van der Waals surface area contributed by atoms with Crippen molar-refractivity contribution in [2.45, 2.75) is 31.2 Å². The van der Waals surface area contributed by atoms with Crippen LogP contribution in [0.1, 0.15) is 17.2 Å². The number of aromatic nitrogens is 1. The molecule has 0 unspecified atom stereocenters. The third-order valence-electron chi connectivity index (χ3n) is 3.26. The summed E-state index contributed by atoms with van der Waals surface area (Å²) in [6, 6.07) is 0.0333. The van der Waals surface area contributed by atoms with Crippen molar-refractivity contribution in [3.63, 3.8) is 0 Å². The van der Waals surface area contributed by atoms with Crippen LogP contribution in [0.5, 0.6) is 5.88 Å². The van der Waals surface area contributed by atoms with Crippen LogP contribution in [0.15, 0.2) is 10.9 Å². The summed E-state index contributed by atoms with van der Waals surface area (Å²) in [5.74, 6) is -0.354. The van der Waals surface area contributed by atoms with Gasteiger partial charge in [-0.15, -0.1) is 0 Å². The predicted molar refractivity (Wildman–Crippen MR) is 62.2 cm³/mol. The smallest absolute Gasteiger partial charge is 0.253 e. The van der Waals surface area contributed by atoms with Crippen LogP contribution in [-0.2, 0) is 0 Å². The third-order valence-corrected chi connectivity index (χ3v) is 3.26. The van der Waals surface area contributed by atoms with Gasteiger partial charge in [-0.25, -0.2) is 0 Å². The number of aromatic amines is 1. The van der Waals surface area contributed by atoms with E-state index in [1.807, 2.05) is 0 Å². The molecule has 2 rings (SSSR count). The van der Waals surface area contributed by atoms with E-state index in [1.54, 1.807) is 6.92 Å². The summed E-state index contributed by atoms with van der Waals surface area (Å²) in [5, 5.41) is 41.1. The zero-order valence-corrected chi connectivity index (χ0v) is 9.79. The average molecular weight is 256 g/mol. The van der Waals surface area contributed by atoms with Gasteiger partial charge in [0.25, 0.3) is 5.56 Å². The van der Waals surface area contributed by atoms with Crippen molar-refractivity contribution in [1.82, 2.24) is 10.3 Å². The van der Waals surface area contributed by atoms with Crippen molar-refractivity contribution in [1.29, 1.82) is 0 Å². The SMILES string of the molecule is Cc1cc([C@@H]2N[C@H](CO)[C@@H](O)[C@H]2O)c(O)[nH]c1=O. The standard InChI is InChI=1S/C11H16N2O5/c1-4-2-5(11(18)13-10(4)17)7-9(16)8(15)6(3-14)12-7/h2,6-9,12,14-16H,3H2,1H3,(H2,13,17,18)/t6-,7+,8-,9+/m1/s1. The lowest BCUT2D eigenvalue weighted by molar-refractivity contribution is 0.0192. The number of aromatic hydroxyl groups is 1. The Morgan fingerprint density at radius 2 is 2.00 bits per heavy atom. The molecule has 1 aromatic heterocycles. The summed E-state index contributed by atoms with van der Waals surface area (Å²) in [4.78, 5) is 13.5. The summed E-state index contributed by atoms with van der Waals surface area (Å²) in [6.45, 7) is 1.24. The van der Waals surface area contributed by atoms with E-state index >= 15 is 0 Å². The Balaban J connectivity index is 2.38. The Morgan fingerprint density at radius 3 is 2.56 bits per heavy atom. The number of hydrogen-bond donors (Lipinski definition) is 6. The van der Waals surface area contributed by atoms with E-state index in [1.165, 1.54) is 6.07 Å². The molecular weight excluding hydrogens is 240 g/mol. The second-order valence-corrected chi connectivity index (χ2v) is 4.50. The fourth-order valence-corrected chi connectivity index (χ4v) is 2.18. The van der Waals surface area contributed by atoms with Crippen LogP contribution < -0.4 is 10.9 Å². The average Bonchev–Trinajstić information content (AvgIpc) is 2.61. The zero-order valence-electron chi connectivity index (χ0n) is 9.79. The Bertz CT molecular complexity index is 501. The third kappa shape index (κ3) is 2.01. The van der Waals surface area contributed by atoms with Gasteiger partial charge in [0.1, 0.15) is 6.10 Å². The Hall–Kier alpha value is -1.41. The molecule has 100 valence electrons. The highest BCUT2D eigenvalue weighted by Gasteiger charge is 2.42. The largest absolute Gasteiger partial charge is 0.494 e.